The summed E-state index contributed by atoms with van der Waals surface area (Å²) < 4.78 is 15.7. The first-order chi connectivity index (χ1) is 11.0. The van der Waals surface area contributed by atoms with Crippen molar-refractivity contribution in [2.24, 2.45) is 0 Å². The second-order valence-corrected chi connectivity index (χ2v) is 7.21. The van der Waals surface area contributed by atoms with Crippen molar-refractivity contribution in [3.8, 4) is 0 Å². The van der Waals surface area contributed by atoms with Gasteiger partial charge >= 0.3 is 0 Å². The molecule has 2 aromatic carbocycles. The fourth-order valence-electron chi connectivity index (χ4n) is 2.26. The van der Waals surface area contributed by atoms with Gasteiger partial charge in [0.2, 0.25) is 0 Å². The van der Waals surface area contributed by atoms with Gasteiger partial charge in [-0.3, -0.25) is 4.79 Å². The number of halogens is 2. The van der Waals surface area contributed by atoms with Gasteiger partial charge in [0.15, 0.2) is 0 Å². The van der Waals surface area contributed by atoms with Crippen molar-refractivity contribution < 1.29 is 9.18 Å². The van der Waals surface area contributed by atoms with Crippen LogP contribution in [0.5, 0.6) is 0 Å². The van der Waals surface area contributed by atoms with Crippen LogP contribution in [-0.4, -0.2) is 22.8 Å². The molecule has 0 aliphatic carbocycles. The zero-order valence-electron chi connectivity index (χ0n) is 12.6. The van der Waals surface area contributed by atoms with Gasteiger partial charge in [0.05, 0.1) is 21.8 Å². The van der Waals surface area contributed by atoms with Crippen LogP contribution in [0.15, 0.2) is 46.9 Å². The standard InChI is InChI=1S/C17H14BrFN2OS/c1-10(16-20-14-5-3-4-6-15(14)23-16)21(2)17(22)12-8-7-11(18)9-13(12)19/h3-10H,1-2H3/t10-/m0/s1. The number of rotatable bonds is 3. The number of hydrogen-bond donors (Lipinski definition) is 0. The molecule has 1 aromatic heterocycles. The van der Waals surface area contributed by atoms with Gasteiger partial charge in [0.1, 0.15) is 10.8 Å². The summed E-state index contributed by atoms with van der Waals surface area (Å²) in [5, 5.41) is 0.833. The van der Waals surface area contributed by atoms with Crippen molar-refractivity contribution in [2.75, 3.05) is 7.05 Å². The first-order valence-electron chi connectivity index (χ1n) is 7.05. The minimum Gasteiger partial charge on any atom is -0.332 e. The zero-order chi connectivity index (χ0) is 16.6. The van der Waals surface area contributed by atoms with Crippen LogP contribution in [-0.2, 0) is 0 Å². The monoisotopic (exact) mass is 392 g/mol. The molecule has 6 heteroatoms. The van der Waals surface area contributed by atoms with Gasteiger partial charge in [-0.1, -0.05) is 28.1 Å². The maximum absolute atomic E-state index is 14.0. The van der Waals surface area contributed by atoms with Crippen molar-refractivity contribution in [3.63, 3.8) is 0 Å². The minimum atomic E-state index is -0.535. The molecule has 0 N–H and O–H groups in total. The Hall–Kier alpha value is -1.79. The molecule has 1 atom stereocenters. The highest BCUT2D eigenvalue weighted by atomic mass is 79.9. The lowest BCUT2D eigenvalue weighted by molar-refractivity contribution is 0.0738. The summed E-state index contributed by atoms with van der Waals surface area (Å²) in [5.41, 5.74) is 0.971. The van der Waals surface area contributed by atoms with Crippen molar-refractivity contribution in [2.45, 2.75) is 13.0 Å². The Kier molecular flexibility index (Phi) is 4.46. The van der Waals surface area contributed by atoms with Crippen LogP contribution in [0.2, 0.25) is 0 Å². The van der Waals surface area contributed by atoms with E-state index in [1.807, 2.05) is 31.2 Å². The molecule has 0 aliphatic heterocycles. The van der Waals surface area contributed by atoms with Crippen LogP contribution >= 0.6 is 27.3 Å². The molecule has 0 aliphatic rings. The van der Waals surface area contributed by atoms with Crippen LogP contribution < -0.4 is 0 Å². The van der Waals surface area contributed by atoms with Gasteiger partial charge in [-0.25, -0.2) is 9.37 Å². The lowest BCUT2D eigenvalue weighted by Gasteiger charge is -2.23. The lowest BCUT2D eigenvalue weighted by atomic mass is 10.1. The summed E-state index contributed by atoms with van der Waals surface area (Å²) >= 11 is 4.74. The topological polar surface area (TPSA) is 33.2 Å². The quantitative estimate of drug-likeness (QED) is 0.625. The Balaban J connectivity index is 1.89. The number of hydrogen-bond acceptors (Lipinski definition) is 3. The maximum atomic E-state index is 14.0. The Morgan fingerprint density at radius 2 is 2.04 bits per heavy atom. The van der Waals surface area contributed by atoms with Crippen molar-refractivity contribution in [3.05, 3.63) is 63.3 Å². The number of benzene rings is 2. The van der Waals surface area contributed by atoms with Gasteiger partial charge in [0, 0.05) is 11.5 Å². The summed E-state index contributed by atoms with van der Waals surface area (Å²) in [6, 6.07) is 12.0. The van der Waals surface area contributed by atoms with E-state index < -0.39 is 5.82 Å². The number of carbonyl (C=O) groups is 1. The molecule has 1 amide bonds. The minimum absolute atomic E-state index is 0.0589. The van der Waals surface area contributed by atoms with Gasteiger partial charge in [0.25, 0.3) is 5.91 Å². The number of carbonyl (C=O) groups excluding carboxylic acids is 1. The molecule has 0 spiro atoms. The molecule has 3 aromatic rings. The second-order valence-electron chi connectivity index (χ2n) is 5.24. The van der Waals surface area contributed by atoms with Gasteiger partial charge in [-0.2, -0.15) is 0 Å². The van der Waals surface area contributed by atoms with E-state index in [9.17, 15) is 9.18 Å². The average Bonchev–Trinajstić information content (AvgIpc) is 2.97. The van der Waals surface area contributed by atoms with E-state index in [0.29, 0.717) is 4.47 Å². The molecule has 1 heterocycles. The number of fused-ring (bicyclic) bond motifs is 1. The van der Waals surface area contributed by atoms with E-state index in [-0.39, 0.29) is 17.5 Å². The van der Waals surface area contributed by atoms with E-state index in [1.54, 1.807) is 24.5 Å². The van der Waals surface area contributed by atoms with E-state index in [0.717, 1.165) is 15.2 Å². The molecular weight excluding hydrogens is 379 g/mol. The molecule has 0 radical (unpaired) electrons. The molecule has 118 valence electrons. The Morgan fingerprint density at radius 3 is 2.74 bits per heavy atom. The predicted molar refractivity (Wildman–Crippen MR) is 94.2 cm³/mol. The van der Waals surface area contributed by atoms with Crippen LogP contribution in [0.4, 0.5) is 4.39 Å². The number of nitrogens with zero attached hydrogens (tertiary/aromatic N) is 2. The normalized spacial score (nSPS) is 12.3. The zero-order valence-corrected chi connectivity index (χ0v) is 15.0. The third-order valence-corrected chi connectivity index (χ3v) is 5.43. The molecule has 3 nitrogen and oxygen atoms in total. The molecule has 0 saturated carbocycles. The van der Waals surface area contributed by atoms with E-state index in [2.05, 4.69) is 20.9 Å². The Labute approximate surface area is 145 Å². The summed E-state index contributed by atoms with van der Waals surface area (Å²) in [4.78, 5) is 18.6. The Morgan fingerprint density at radius 1 is 1.30 bits per heavy atom. The third-order valence-electron chi connectivity index (χ3n) is 3.73. The van der Waals surface area contributed by atoms with Crippen molar-refractivity contribution in [1.82, 2.24) is 9.88 Å². The smallest absolute Gasteiger partial charge is 0.257 e. The van der Waals surface area contributed by atoms with E-state index in [1.165, 1.54) is 17.0 Å². The molecule has 0 unspecified atom stereocenters. The fraction of sp³-hybridized carbons (Fsp3) is 0.176. The highest BCUT2D eigenvalue weighted by molar-refractivity contribution is 9.10. The van der Waals surface area contributed by atoms with Crippen LogP contribution in [0.1, 0.15) is 28.3 Å². The number of para-hydroxylation sites is 1. The fourth-order valence-corrected chi connectivity index (χ4v) is 3.66. The Bertz CT molecular complexity index is 847. The van der Waals surface area contributed by atoms with Crippen LogP contribution in [0, 0.1) is 5.82 Å². The number of aromatic nitrogens is 1. The summed E-state index contributed by atoms with van der Waals surface area (Å²) in [6.45, 7) is 1.90. The molecule has 3 rings (SSSR count). The third kappa shape index (κ3) is 3.14. The first kappa shape index (κ1) is 16.1. The van der Waals surface area contributed by atoms with Crippen LogP contribution in [0.3, 0.4) is 0 Å². The average molecular weight is 393 g/mol. The van der Waals surface area contributed by atoms with Gasteiger partial charge in [-0.05, 0) is 37.3 Å². The van der Waals surface area contributed by atoms with Crippen molar-refractivity contribution >= 4 is 43.4 Å². The molecule has 0 fully saturated rings. The molecule has 0 saturated heterocycles. The SMILES string of the molecule is C[C@@H](c1nc2ccccc2s1)N(C)C(=O)c1ccc(Br)cc1F. The first-order valence-corrected chi connectivity index (χ1v) is 8.66. The highest BCUT2D eigenvalue weighted by Crippen LogP contribution is 2.30. The number of thiazole rings is 1. The van der Waals surface area contributed by atoms with Gasteiger partial charge in [-0.15, -0.1) is 11.3 Å². The second kappa shape index (κ2) is 6.37. The van der Waals surface area contributed by atoms with E-state index in [4.69, 9.17) is 0 Å². The largest absolute Gasteiger partial charge is 0.332 e. The van der Waals surface area contributed by atoms with Gasteiger partial charge < -0.3 is 4.90 Å². The van der Waals surface area contributed by atoms with Crippen molar-refractivity contribution in [1.29, 1.82) is 0 Å². The van der Waals surface area contributed by atoms with Crippen LogP contribution in [0.25, 0.3) is 10.2 Å². The molecule has 23 heavy (non-hydrogen) atoms. The molecule has 0 bridgehead atoms. The lowest BCUT2D eigenvalue weighted by Crippen LogP contribution is -2.30. The maximum Gasteiger partial charge on any atom is 0.257 e. The molecular formula is C17H14BrFN2OS. The highest BCUT2D eigenvalue weighted by Gasteiger charge is 2.23. The summed E-state index contributed by atoms with van der Waals surface area (Å²) in [7, 11) is 1.67. The summed E-state index contributed by atoms with van der Waals surface area (Å²) in [6.07, 6.45) is 0. The predicted octanol–water partition coefficient (Wildman–Crippen LogP) is 5.03. The number of amides is 1. The van der Waals surface area contributed by atoms with E-state index >= 15 is 0 Å². The summed E-state index contributed by atoms with van der Waals surface area (Å²) in [5.74, 6) is -0.894.